The fraction of sp³-hybridized carbons (Fsp3) is 0.200. The number of amides is 1. The monoisotopic (exact) mass is 396 g/mol. The summed E-state index contributed by atoms with van der Waals surface area (Å²) in [7, 11) is 1.80. The second-order valence-corrected chi connectivity index (χ2v) is 6.19. The van der Waals surface area contributed by atoms with E-state index in [1.165, 1.54) is 0 Å². The standard InChI is InChI=1S/C15H14Br2N2O/c1-19(9-7-12-4-2-3-8-18-12)15(20)13-10-11(16)5-6-14(13)17/h2-6,8,10H,7,9H2,1H3. The van der Waals surface area contributed by atoms with Gasteiger partial charge in [0.1, 0.15) is 0 Å². The SMILES string of the molecule is CN(CCc1ccccn1)C(=O)c1cc(Br)ccc1Br. The van der Waals surface area contributed by atoms with E-state index in [0.717, 1.165) is 21.1 Å². The van der Waals surface area contributed by atoms with E-state index in [1.807, 2.05) is 36.4 Å². The Balaban J connectivity index is 2.03. The van der Waals surface area contributed by atoms with Crippen molar-refractivity contribution in [2.75, 3.05) is 13.6 Å². The Morgan fingerprint density at radius 3 is 2.75 bits per heavy atom. The molecule has 0 aliphatic carbocycles. The number of carbonyl (C=O) groups excluding carboxylic acids is 1. The number of halogens is 2. The van der Waals surface area contributed by atoms with Crippen LogP contribution in [0.2, 0.25) is 0 Å². The second kappa shape index (κ2) is 6.99. The third-order valence-electron chi connectivity index (χ3n) is 2.94. The largest absolute Gasteiger partial charge is 0.341 e. The minimum Gasteiger partial charge on any atom is -0.341 e. The van der Waals surface area contributed by atoms with Gasteiger partial charge in [0.05, 0.1) is 5.56 Å². The summed E-state index contributed by atoms with van der Waals surface area (Å²) in [6.07, 6.45) is 2.51. The van der Waals surface area contributed by atoms with Crippen molar-refractivity contribution < 1.29 is 4.79 Å². The van der Waals surface area contributed by atoms with E-state index < -0.39 is 0 Å². The summed E-state index contributed by atoms with van der Waals surface area (Å²) in [6.45, 7) is 0.634. The molecule has 2 aromatic rings. The average molecular weight is 398 g/mol. The van der Waals surface area contributed by atoms with Crippen molar-refractivity contribution in [3.8, 4) is 0 Å². The molecule has 20 heavy (non-hydrogen) atoms. The third kappa shape index (κ3) is 3.90. The van der Waals surface area contributed by atoms with Crippen LogP contribution in [0.15, 0.2) is 51.5 Å². The lowest BCUT2D eigenvalue weighted by molar-refractivity contribution is 0.0795. The Hall–Kier alpha value is -1.20. The van der Waals surface area contributed by atoms with E-state index in [9.17, 15) is 4.79 Å². The van der Waals surface area contributed by atoms with Gasteiger partial charge in [-0.05, 0) is 46.3 Å². The second-order valence-electron chi connectivity index (χ2n) is 4.42. The van der Waals surface area contributed by atoms with E-state index >= 15 is 0 Å². The maximum atomic E-state index is 12.4. The lowest BCUT2D eigenvalue weighted by Gasteiger charge is -2.18. The molecular formula is C15H14Br2N2O. The number of benzene rings is 1. The van der Waals surface area contributed by atoms with Crippen molar-refractivity contribution in [2.24, 2.45) is 0 Å². The quantitative estimate of drug-likeness (QED) is 0.783. The molecule has 1 aromatic heterocycles. The molecule has 2 rings (SSSR count). The van der Waals surface area contributed by atoms with E-state index in [-0.39, 0.29) is 5.91 Å². The van der Waals surface area contributed by atoms with Crippen molar-refractivity contribution in [3.05, 3.63) is 62.8 Å². The van der Waals surface area contributed by atoms with Crippen molar-refractivity contribution in [2.45, 2.75) is 6.42 Å². The van der Waals surface area contributed by atoms with Gasteiger partial charge in [0.15, 0.2) is 0 Å². The maximum Gasteiger partial charge on any atom is 0.254 e. The Labute approximate surface area is 135 Å². The lowest BCUT2D eigenvalue weighted by atomic mass is 10.2. The number of hydrogen-bond acceptors (Lipinski definition) is 2. The average Bonchev–Trinajstić information content (AvgIpc) is 2.47. The van der Waals surface area contributed by atoms with Crippen LogP contribution in [-0.2, 0) is 6.42 Å². The Kier molecular flexibility index (Phi) is 5.31. The zero-order chi connectivity index (χ0) is 14.5. The molecule has 0 fully saturated rings. The van der Waals surface area contributed by atoms with Gasteiger partial charge in [-0.1, -0.05) is 22.0 Å². The lowest BCUT2D eigenvalue weighted by Crippen LogP contribution is -2.29. The number of pyridine rings is 1. The molecule has 0 saturated carbocycles. The molecule has 1 aromatic carbocycles. The van der Waals surface area contributed by atoms with E-state index in [2.05, 4.69) is 36.8 Å². The van der Waals surface area contributed by atoms with Crippen LogP contribution < -0.4 is 0 Å². The molecular weight excluding hydrogens is 384 g/mol. The molecule has 0 N–H and O–H groups in total. The molecule has 1 heterocycles. The van der Waals surface area contributed by atoms with Crippen molar-refractivity contribution in [1.29, 1.82) is 0 Å². The van der Waals surface area contributed by atoms with Gasteiger partial charge >= 0.3 is 0 Å². The van der Waals surface area contributed by atoms with Gasteiger partial charge in [0, 0.05) is 40.8 Å². The first-order valence-corrected chi connectivity index (χ1v) is 7.77. The summed E-state index contributed by atoms with van der Waals surface area (Å²) >= 11 is 6.80. The van der Waals surface area contributed by atoms with Crippen LogP contribution in [0.25, 0.3) is 0 Å². The fourth-order valence-corrected chi connectivity index (χ4v) is 2.57. The smallest absolute Gasteiger partial charge is 0.254 e. The molecule has 0 aliphatic heterocycles. The zero-order valence-corrected chi connectivity index (χ0v) is 14.2. The Morgan fingerprint density at radius 2 is 2.05 bits per heavy atom. The molecule has 104 valence electrons. The number of rotatable bonds is 4. The molecule has 5 heteroatoms. The molecule has 0 radical (unpaired) electrons. The van der Waals surface area contributed by atoms with Crippen molar-refractivity contribution in [1.82, 2.24) is 9.88 Å². The fourth-order valence-electron chi connectivity index (χ4n) is 1.80. The van der Waals surface area contributed by atoms with E-state index in [0.29, 0.717) is 12.1 Å². The highest BCUT2D eigenvalue weighted by Gasteiger charge is 2.15. The van der Waals surface area contributed by atoms with Crippen LogP contribution in [0.1, 0.15) is 16.1 Å². The van der Waals surface area contributed by atoms with E-state index in [4.69, 9.17) is 0 Å². The van der Waals surface area contributed by atoms with Gasteiger partial charge in [0.25, 0.3) is 5.91 Å². The molecule has 0 spiro atoms. The minimum atomic E-state index is -0.00546. The van der Waals surface area contributed by atoms with Crippen molar-refractivity contribution in [3.63, 3.8) is 0 Å². The van der Waals surface area contributed by atoms with Crippen LogP contribution in [0.5, 0.6) is 0 Å². The summed E-state index contributed by atoms with van der Waals surface area (Å²) in [4.78, 5) is 18.4. The Morgan fingerprint density at radius 1 is 1.25 bits per heavy atom. The summed E-state index contributed by atoms with van der Waals surface area (Å²) in [5, 5.41) is 0. The highest BCUT2D eigenvalue weighted by molar-refractivity contribution is 9.11. The number of aromatic nitrogens is 1. The predicted molar refractivity (Wildman–Crippen MR) is 86.7 cm³/mol. The molecule has 1 amide bonds. The summed E-state index contributed by atoms with van der Waals surface area (Å²) < 4.78 is 1.69. The molecule has 0 atom stereocenters. The van der Waals surface area contributed by atoms with Gasteiger partial charge in [-0.25, -0.2) is 0 Å². The first-order chi connectivity index (χ1) is 9.58. The zero-order valence-electron chi connectivity index (χ0n) is 11.0. The minimum absolute atomic E-state index is 0.00546. The van der Waals surface area contributed by atoms with Crippen LogP contribution >= 0.6 is 31.9 Å². The van der Waals surface area contributed by atoms with Gasteiger partial charge in [0.2, 0.25) is 0 Å². The van der Waals surface area contributed by atoms with Crippen LogP contribution in [0.4, 0.5) is 0 Å². The highest BCUT2D eigenvalue weighted by atomic mass is 79.9. The van der Waals surface area contributed by atoms with Gasteiger partial charge in [-0.15, -0.1) is 0 Å². The molecule has 0 aliphatic rings. The summed E-state index contributed by atoms with van der Waals surface area (Å²) in [6, 6.07) is 11.4. The molecule has 0 saturated heterocycles. The number of likely N-dealkylation sites (N-methyl/N-ethyl adjacent to an activating group) is 1. The van der Waals surface area contributed by atoms with Gasteiger partial charge < -0.3 is 4.90 Å². The maximum absolute atomic E-state index is 12.4. The number of nitrogens with zero attached hydrogens (tertiary/aromatic N) is 2. The molecule has 3 nitrogen and oxygen atoms in total. The first kappa shape index (κ1) is 15.2. The first-order valence-electron chi connectivity index (χ1n) is 6.18. The summed E-state index contributed by atoms with van der Waals surface area (Å²) in [5.74, 6) is -0.00546. The number of hydrogen-bond donors (Lipinski definition) is 0. The summed E-state index contributed by atoms with van der Waals surface area (Å²) in [5.41, 5.74) is 1.64. The number of carbonyl (C=O) groups is 1. The van der Waals surface area contributed by atoms with Crippen LogP contribution in [0.3, 0.4) is 0 Å². The normalized spacial score (nSPS) is 10.3. The van der Waals surface area contributed by atoms with Gasteiger partial charge in [-0.2, -0.15) is 0 Å². The third-order valence-corrected chi connectivity index (χ3v) is 4.12. The Bertz CT molecular complexity index is 602. The molecule has 0 bridgehead atoms. The van der Waals surface area contributed by atoms with Crippen LogP contribution in [0, 0.1) is 0 Å². The highest BCUT2D eigenvalue weighted by Crippen LogP contribution is 2.22. The van der Waals surface area contributed by atoms with E-state index in [1.54, 1.807) is 18.1 Å². The topological polar surface area (TPSA) is 33.2 Å². The van der Waals surface area contributed by atoms with Crippen LogP contribution in [-0.4, -0.2) is 29.4 Å². The van der Waals surface area contributed by atoms with Crippen molar-refractivity contribution >= 4 is 37.8 Å². The predicted octanol–water partition coefficient (Wildman–Crippen LogP) is 3.92. The van der Waals surface area contributed by atoms with Gasteiger partial charge in [-0.3, -0.25) is 9.78 Å². The molecule has 0 unspecified atom stereocenters.